The number of rotatable bonds is 8. The van der Waals surface area contributed by atoms with Crippen molar-refractivity contribution in [2.75, 3.05) is 6.54 Å². The number of thiazole rings is 1. The Labute approximate surface area is 138 Å². The number of unbranched alkanes of at least 4 members (excludes halogenated alkanes) is 1. The first-order valence-corrected chi connectivity index (χ1v) is 8.81. The third kappa shape index (κ3) is 4.28. The summed E-state index contributed by atoms with van der Waals surface area (Å²) in [6.07, 6.45) is 4.84. The Hall–Kier alpha value is -1.95. The molecular weight excluding hydrogens is 312 g/mol. The lowest BCUT2D eigenvalue weighted by Gasteiger charge is -2.20. The zero-order valence-corrected chi connectivity index (χ0v) is 13.7. The number of hydrogen-bond donors (Lipinski definition) is 1. The Morgan fingerprint density at radius 2 is 2.04 bits per heavy atom. The van der Waals surface area contributed by atoms with Crippen LogP contribution in [0.15, 0.2) is 24.3 Å². The molecule has 1 fully saturated rings. The molecule has 2 aromatic rings. The number of carbonyl (C=O) groups is 2. The van der Waals surface area contributed by atoms with Gasteiger partial charge in [0.15, 0.2) is 0 Å². The molecule has 23 heavy (non-hydrogen) atoms. The van der Waals surface area contributed by atoms with Gasteiger partial charge in [-0.2, -0.15) is 0 Å². The Bertz CT molecular complexity index is 676. The van der Waals surface area contributed by atoms with Crippen molar-refractivity contribution in [3.05, 3.63) is 29.3 Å². The standard InChI is InChI=1S/C17H20N2O3S/c20-16(19(11-17(21)22)12-9-10-12)8-4-3-7-15-18-13-5-1-2-6-14(13)23-15/h1-2,5-6,12H,3-4,7-11H2,(H,21,22). The number of hydrogen-bond acceptors (Lipinski definition) is 4. The Kier molecular flexibility index (Phi) is 4.91. The molecule has 1 heterocycles. The van der Waals surface area contributed by atoms with E-state index in [0.717, 1.165) is 42.6 Å². The summed E-state index contributed by atoms with van der Waals surface area (Å²) in [6.45, 7) is -0.165. The van der Waals surface area contributed by atoms with Crippen molar-refractivity contribution < 1.29 is 14.7 Å². The minimum atomic E-state index is -0.931. The maximum Gasteiger partial charge on any atom is 0.323 e. The van der Waals surface area contributed by atoms with Gasteiger partial charge in [-0.3, -0.25) is 9.59 Å². The van der Waals surface area contributed by atoms with Crippen LogP contribution in [-0.4, -0.2) is 39.5 Å². The number of carboxylic acid groups (broad SMARTS) is 1. The van der Waals surface area contributed by atoms with Crippen molar-refractivity contribution in [1.29, 1.82) is 0 Å². The van der Waals surface area contributed by atoms with Crippen LogP contribution in [-0.2, 0) is 16.0 Å². The van der Waals surface area contributed by atoms with Crippen molar-refractivity contribution in [3.8, 4) is 0 Å². The van der Waals surface area contributed by atoms with E-state index in [1.165, 1.54) is 9.60 Å². The second-order valence-corrected chi connectivity index (χ2v) is 7.04. The maximum absolute atomic E-state index is 12.2. The Morgan fingerprint density at radius 3 is 2.74 bits per heavy atom. The fourth-order valence-electron chi connectivity index (χ4n) is 2.68. The Morgan fingerprint density at radius 1 is 1.26 bits per heavy atom. The Balaban J connectivity index is 1.45. The number of carbonyl (C=O) groups excluding carboxylic acids is 1. The van der Waals surface area contributed by atoms with Gasteiger partial charge < -0.3 is 10.0 Å². The fraction of sp³-hybridized carbons (Fsp3) is 0.471. The van der Waals surface area contributed by atoms with Crippen LogP contribution >= 0.6 is 11.3 Å². The van der Waals surface area contributed by atoms with Gasteiger partial charge in [-0.05, 0) is 44.2 Å². The number of amides is 1. The van der Waals surface area contributed by atoms with Crippen LogP contribution in [0, 0.1) is 0 Å². The monoisotopic (exact) mass is 332 g/mol. The normalized spacial score (nSPS) is 14.1. The predicted molar refractivity (Wildman–Crippen MR) is 89.5 cm³/mol. The molecule has 5 nitrogen and oxygen atoms in total. The molecule has 0 aliphatic heterocycles. The maximum atomic E-state index is 12.2. The van der Waals surface area contributed by atoms with Crippen molar-refractivity contribution in [3.63, 3.8) is 0 Å². The van der Waals surface area contributed by atoms with Crippen LogP contribution in [0.25, 0.3) is 10.2 Å². The first kappa shape index (κ1) is 15.9. The van der Waals surface area contributed by atoms with Crippen LogP contribution in [0.5, 0.6) is 0 Å². The molecule has 122 valence electrons. The molecular formula is C17H20N2O3S. The van der Waals surface area contributed by atoms with Crippen LogP contribution in [0.3, 0.4) is 0 Å². The van der Waals surface area contributed by atoms with Crippen LogP contribution in [0.4, 0.5) is 0 Å². The van der Waals surface area contributed by atoms with Gasteiger partial charge in [-0.1, -0.05) is 12.1 Å². The lowest BCUT2D eigenvalue weighted by atomic mass is 10.2. The van der Waals surface area contributed by atoms with E-state index in [2.05, 4.69) is 11.1 Å². The van der Waals surface area contributed by atoms with Crippen LogP contribution in [0.1, 0.15) is 37.1 Å². The van der Waals surface area contributed by atoms with E-state index in [9.17, 15) is 9.59 Å². The van der Waals surface area contributed by atoms with Gasteiger partial charge >= 0.3 is 5.97 Å². The third-order valence-corrected chi connectivity index (χ3v) is 5.08. The van der Waals surface area contributed by atoms with Gasteiger partial charge in [0.05, 0.1) is 15.2 Å². The summed E-state index contributed by atoms with van der Waals surface area (Å²) in [4.78, 5) is 29.1. The first-order valence-electron chi connectivity index (χ1n) is 7.99. The number of aryl methyl sites for hydroxylation is 1. The number of benzene rings is 1. The zero-order chi connectivity index (χ0) is 16.2. The van der Waals surface area contributed by atoms with Gasteiger partial charge in [0.25, 0.3) is 0 Å². The molecule has 0 unspecified atom stereocenters. The molecule has 6 heteroatoms. The average molecular weight is 332 g/mol. The lowest BCUT2D eigenvalue weighted by Crippen LogP contribution is -2.37. The van der Waals surface area contributed by atoms with E-state index >= 15 is 0 Å². The summed E-state index contributed by atoms with van der Waals surface area (Å²) in [5, 5.41) is 10.00. The number of para-hydroxylation sites is 1. The van der Waals surface area contributed by atoms with E-state index in [4.69, 9.17) is 5.11 Å². The molecule has 1 N–H and O–H groups in total. The van der Waals surface area contributed by atoms with Gasteiger partial charge in [0, 0.05) is 12.5 Å². The van der Waals surface area contributed by atoms with Crippen LogP contribution in [0.2, 0.25) is 0 Å². The minimum absolute atomic E-state index is 0.0285. The van der Waals surface area contributed by atoms with Crippen molar-refractivity contribution >= 4 is 33.4 Å². The van der Waals surface area contributed by atoms with Gasteiger partial charge in [-0.15, -0.1) is 11.3 Å². The van der Waals surface area contributed by atoms with Gasteiger partial charge in [0.1, 0.15) is 6.54 Å². The second-order valence-electron chi connectivity index (χ2n) is 5.93. The number of carboxylic acids is 1. The molecule has 0 atom stereocenters. The highest BCUT2D eigenvalue weighted by molar-refractivity contribution is 7.18. The molecule has 1 amide bonds. The van der Waals surface area contributed by atoms with Crippen molar-refractivity contribution in [2.24, 2.45) is 0 Å². The molecule has 0 saturated heterocycles. The molecule has 1 aromatic carbocycles. The summed E-state index contributed by atoms with van der Waals surface area (Å²) in [6, 6.07) is 8.23. The van der Waals surface area contributed by atoms with Gasteiger partial charge in [0.2, 0.25) is 5.91 Å². The lowest BCUT2D eigenvalue weighted by molar-refractivity contribution is -0.145. The van der Waals surface area contributed by atoms with E-state index in [1.54, 1.807) is 11.3 Å². The molecule has 1 aromatic heterocycles. The molecule has 0 bridgehead atoms. The van der Waals surface area contributed by atoms with E-state index < -0.39 is 5.97 Å². The van der Waals surface area contributed by atoms with Crippen molar-refractivity contribution in [1.82, 2.24) is 9.88 Å². The smallest absolute Gasteiger partial charge is 0.323 e. The summed E-state index contributed by atoms with van der Waals surface area (Å²) in [7, 11) is 0. The summed E-state index contributed by atoms with van der Waals surface area (Å²) in [5.74, 6) is -0.959. The topological polar surface area (TPSA) is 70.5 Å². The van der Waals surface area contributed by atoms with E-state index in [0.29, 0.717) is 6.42 Å². The highest BCUT2D eigenvalue weighted by Gasteiger charge is 2.33. The number of aliphatic carboxylic acids is 1. The molecule has 0 spiro atoms. The predicted octanol–water partition coefficient (Wildman–Crippen LogP) is 3.08. The van der Waals surface area contributed by atoms with E-state index in [1.807, 2.05) is 18.2 Å². The third-order valence-electron chi connectivity index (χ3n) is 3.98. The number of nitrogens with zero attached hydrogens (tertiary/aromatic N) is 2. The molecule has 1 aliphatic carbocycles. The highest BCUT2D eigenvalue weighted by atomic mass is 32.1. The summed E-state index contributed by atoms with van der Waals surface area (Å²) in [5.41, 5.74) is 1.03. The molecule has 3 rings (SSSR count). The van der Waals surface area contributed by atoms with Gasteiger partial charge in [-0.25, -0.2) is 4.98 Å². The highest BCUT2D eigenvalue weighted by Crippen LogP contribution is 2.28. The average Bonchev–Trinajstić information content (AvgIpc) is 3.27. The molecule has 1 saturated carbocycles. The zero-order valence-electron chi connectivity index (χ0n) is 12.9. The molecule has 1 aliphatic rings. The largest absolute Gasteiger partial charge is 0.480 e. The summed E-state index contributed by atoms with van der Waals surface area (Å²) < 4.78 is 1.19. The van der Waals surface area contributed by atoms with E-state index in [-0.39, 0.29) is 18.5 Å². The number of fused-ring (bicyclic) bond motifs is 1. The SMILES string of the molecule is O=C(O)CN(C(=O)CCCCc1nc2ccccc2s1)C1CC1. The number of aromatic nitrogens is 1. The summed E-state index contributed by atoms with van der Waals surface area (Å²) >= 11 is 1.70. The second kappa shape index (κ2) is 7.08. The van der Waals surface area contributed by atoms with Crippen LogP contribution < -0.4 is 0 Å². The minimum Gasteiger partial charge on any atom is -0.480 e. The van der Waals surface area contributed by atoms with Crippen molar-refractivity contribution in [2.45, 2.75) is 44.6 Å². The fourth-order valence-corrected chi connectivity index (χ4v) is 3.68. The quantitative estimate of drug-likeness (QED) is 0.754. The molecule has 0 radical (unpaired) electrons. The first-order chi connectivity index (χ1) is 11.1.